The van der Waals surface area contributed by atoms with Crippen molar-refractivity contribution in [2.45, 2.75) is 39.5 Å². The van der Waals surface area contributed by atoms with E-state index in [1.807, 2.05) is 4.68 Å². The lowest BCUT2D eigenvalue weighted by molar-refractivity contribution is 0.0516. The first-order valence-electron chi connectivity index (χ1n) is 7.84. The topological polar surface area (TPSA) is 53.3 Å². The lowest BCUT2D eigenvalue weighted by Crippen LogP contribution is -2.39. The van der Waals surface area contributed by atoms with Crippen LogP contribution in [0.3, 0.4) is 0 Å². The second kappa shape index (κ2) is 7.09. The normalized spacial score (nSPS) is 19.0. The summed E-state index contributed by atoms with van der Waals surface area (Å²) in [5.74, 6) is 0. The maximum absolute atomic E-state index is 9.77. The molecule has 1 atom stereocenters. The SMILES string of the molecule is Cc1ccc(Nc2nn(CN3CCC[C@H](O)C3)c(=S)s2)c(C)c1. The Bertz CT molecular complexity index is 740. The summed E-state index contributed by atoms with van der Waals surface area (Å²) in [6.07, 6.45) is 1.68. The largest absolute Gasteiger partial charge is 0.392 e. The van der Waals surface area contributed by atoms with Crippen LogP contribution in [0.5, 0.6) is 0 Å². The van der Waals surface area contributed by atoms with Gasteiger partial charge < -0.3 is 10.4 Å². The van der Waals surface area contributed by atoms with Crippen LogP contribution in [0.2, 0.25) is 0 Å². The summed E-state index contributed by atoms with van der Waals surface area (Å²) < 4.78 is 2.58. The molecule has 124 valence electrons. The molecule has 1 aliphatic rings. The van der Waals surface area contributed by atoms with Crippen LogP contribution < -0.4 is 5.32 Å². The van der Waals surface area contributed by atoms with Gasteiger partial charge in [0, 0.05) is 18.8 Å². The molecule has 1 saturated heterocycles. The first-order chi connectivity index (χ1) is 11.0. The van der Waals surface area contributed by atoms with Gasteiger partial charge in [0.25, 0.3) is 0 Å². The molecule has 0 radical (unpaired) electrons. The quantitative estimate of drug-likeness (QED) is 0.827. The van der Waals surface area contributed by atoms with Gasteiger partial charge in [-0.25, -0.2) is 4.68 Å². The average molecular weight is 351 g/mol. The Morgan fingerprint density at radius 1 is 1.43 bits per heavy atom. The zero-order chi connectivity index (χ0) is 16.4. The maximum Gasteiger partial charge on any atom is 0.209 e. The highest BCUT2D eigenvalue weighted by atomic mass is 32.1. The van der Waals surface area contributed by atoms with Crippen molar-refractivity contribution in [2.75, 3.05) is 18.4 Å². The van der Waals surface area contributed by atoms with Gasteiger partial charge in [-0.15, -0.1) is 5.10 Å². The van der Waals surface area contributed by atoms with Gasteiger partial charge in [-0.05, 0) is 50.5 Å². The van der Waals surface area contributed by atoms with Crippen LogP contribution >= 0.6 is 23.6 Å². The molecular weight excluding hydrogens is 328 g/mol. The first-order valence-corrected chi connectivity index (χ1v) is 9.06. The number of likely N-dealkylation sites (tertiary alicyclic amines) is 1. The lowest BCUT2D eigenvalue weighted by Gasteiger charge is -2.29. The highest BCUT2D eigenvalue weighted by Crippen LogP contribution is 2.24. The Morgan fingerprint density at radius 2 is 2.26 bits per heavy atom. The van der Waals surface area contributed by atoms with E-state index in [1.165, 1.54) is 22.5 Å². The van der Waals surface area contributed by atoms with E-state index in [2.05, 4.69) is 47.4 Å². The number of aryl methyl sites for hydroxylation is 2. The lowest BCUT2D eigenvalue weighted by atomic mass is 10.1. The summed E-state index contributed by atoms with van der Waals surface area (Å²) >= 11 is 6.91. The van der Waals surface area contributed by atoms with Crippen molar-refractivity contribution in [1.29, 1.82) is 0 Å². The molecular formula is C16H22N4OS2. The Balaban J connectivity index is 1.71. The van der Waals surface area contributed by atoms with Gasteiger partial charge >= 0.3 is 0 Å². The average Bonchev–Trinajstić information content (AvgIpc) is 2.82. The Kier molecular flexibility index (Phi) is 5.11. The molecule has 2 N–H and O–H groups in total. The molecule has 2 heterocycles. The number of hydrogen-bond donors (Lipinski definition) is 2. The molecule has 1 aromatic heterocycles. The highest BCUT2D eigenvalue weighted by molar-refractivity contribution is 7.73. The summed E-state index contributed by atoms with van der Waals surface area (Å²) in [5.41, 5.74) is 3.49. The number of aliphatic hydroxyl groups excluding tert-OH is 1. The van der Waals surface area contributed by atoms with Gasteiger partial charge in [-0.3, -0.25) is 4.90 Å². The number of aliphatic hydroxyl groups is 1. The number of nitrogens with zero attached hydrogens (tertiary/aromatic N) is 3. The number of piperidine rings is 1. The van der Waals surface area contributed by atoms with Crippen LogP contribution in [0.4, 0.5) is 10.8 Å². The summed E-state index contributed by atoms with van der Waals surface area (Å²) in [6.45, 7) is 6.49. The minimum absolute atomic E-state index is 0.232. The summed E-state index contributed by atoms with van der Waals surface area (Å²) in [7, 11) is 0. The van der Waals surface area contributed by atoms with Gasteiger partial charge in [0.15, 0.2) is 3.95 Å². The molecule has 23 heavy (non-hydrogen) atoms. The molecule has 0 aliphatic carbocycles. The Morgan fingerprint density at radius 3 is 3.00 bits per heavy atom. The molecule has 7 heteroatoms. The summed E-state index contributed by atoms with van der Waals surface area (Å²) in [6, 6.07) is 6.30. The molecule has 5 nitrogen and oxygen atoms in total. The predicted molar refractivity (Wildman–Crippen MR) is 97.0 cm³/mol. The van der Waals surface area contributed by atoms with Crippen molar-refractivity contribution in [3.8, 4) is 0 Å². The van der Waals surface area contributed by atoms with E-state index >= 15 is 0 Å². The predicted octanol–water partition coefficient (Wildman–Crippen LogP) is 3.45. The standard InChI is InChI=1S/C16H22N4OS2/c1-11-5-6-14(12(2)8-11)17-15-18-20(16(22)23-15)10-19-7-3-4-13(21)9-19/h5-6,8,13,21H,3-4,7,9-10H2,1-2H3,(H,17,18)/t13-/m0/s1. The maximum atomic E-state index is 9.77. The van der Waals surface area contributed by atoms with Crippen LogP contribution in [-0.4, -0.2) is 39.0 Å². The highest BCUT2D eigenvalue weighted by Gasteiger charge is 2.18. The van der Waals surface area contributed by atoms with Crippen LogP contribution in [-0.2, 0) is 6.67 Å². The second-order valence-electron chi connectivity index (χ2n) is 6.13. The molecule has 1 fully saturated rings. The van der Waals surface area contributed by atoms with Crippen molar-refractivity contribution >= 4 is 34.4 Å². The number of nitrogens with one attached hydrogen (secondary N) is 1. The second-order valence-corrected chi connectivity index (χ2v) is 7.75. The van der Waals surface area contributed by atoms with Crippen LogP contribution in [0.25, 0.3) is 0 Å². The van der Waals surface area contributed by atoms with E-state index < -0.39 is 0 Å². The van der Waals surface area contributed by atoms with Crippen LogP contribution in [0.1, 0.15) is 24.0 Å². The van der Waals surface area contributed by atoms with Crippen LogP contribution in [0, 0.1) is 17.8 Å². The third kappa shape index (κ3) is 4.17. The third-order valence-electron chi connectivity index (χ3n) is 4.04. The molecule has 1 aliphatic heterocycles. The molecule has 2 aromatic rings. The van der Waals surface area contributed by atoms with Crippen molar-refractivity contribution in [1.82, 2.24) is 14.7 Å². The van der Waals surface area contributed by atoms with E-state index in [0.29, 0.717) is 13.2 Å². The summed E-state index contributed by atoms with van der Waals surface area (Å²) in [5, 5.41) is 18.5. The van der Waals surface area contributed by atoms with Crippen LogP contribution in [0.15, 0.2) is 18.2 Å². The van der Waals surface area contributed by atoms with Crippen molar-refractivity contribution in [3.05, 3.63) is 33.3 Å². The van der Waals surface area contributed by atoms with E-state index in [-0.39, 0.29) is 6.10 Å². The van der Waals surface area contributed by atoms with Gasteiger partial charge in [-0.2, -0.15) is 0 Å². The zero-order valence-electron chi connectivity index (χ0n) is 13.5. The number of anilines is 2. The Labute approximate surface area is 145 Å². The fraction of sp³-hybridized carbons (Fsp3) is 0.500. The minimum Gasteiger partial charge on any atom is -0.392 e. The van der Waals surface area contributed by atoms with Gasteiger partial charge in [0.2, 0.25) is 5.13 Å². The van der Waals surface area contributed by atoms with Gasteiger partial charge in [-0.1, -0.05) is 29.0 Å². The Hall–Kier alpha value is -1.28. The molecule has 1 aromatic carbocycles. The number of hydrogen-bond acceptors (Lipinski definition) is 6. The fourth-order valence-electron chi connectivity index (χ4n) is 2.86. The van der Waals surface area contributed by atoms with Gasteiger partial charge in [0.1, 0.15) is 0 Å². The number of aromatic nitrogens is 2. The van der Waals surface area contributed by atoms with E-state index in [9.17, 15) is 5.11 Å². The molecule has 0 saturated carbocycles. The first kappa shape index (κ1) is 16.6. The molecule has 0 bridgehead atoms. The monoisotopic (exact) mass is 350 g/mol. The number of β-amino-alcohol motifs (C(OH)–C–C–N with tert-alkyl or cyclic N) is 1. The van der Waals surface area contributed by atoms with E-state index in [4.69, 9.17) is 12.2 Å². The van der Waals surface area contributed by atoms with Crippen molar-refractivity contribution < 1.29 is 5.11 Å². The molecule has 0 unspecified atom stereocenters. The van der Waals surface area contributed by atoms with Crippen molar-refractivity contribution in [2.24, 2.45) is 0 Å². The van der Waals surface area contributed by atoms with Crippen molar-refractivity contribution in [3.63, 3.8) is 0 Å². The molecule has 3 rings (SSSR count). The molecule has 0 spiro atoms. The van der Waals surface area contributed by atoms with Gasteiger partial charge in [0.05, 0.1) is 12.8 Å². The fourth-order valence-corrected chi connectivity index (χ4v) is 3.87. The third-order valence-corrected chi connectivity index (χ3v) is 5.27. The smallest absolute Gasteiger partial charge is 0.209 e. The molecule has 0 amide bonds. The van der Waals surface area contributed by atoms with E-state index in [0.717, 1.165) is 34.2 Å². The summed E-state index contributed by atoms with van der Waals surface area (Å²) in [4.78, 5) is 2.20. The minimum atomic E-state index is -0.232. The number of benzene rings is 1. The number of rotatable bonds is 4. The zero-order valence-corrected chi connectivity index (χ0v) is 15.1. The van der Waals surface area contributed by atoms with E-state index in [1.54, 1.807) is 0 Å².